The highest BCUT2D eigenvalue weighted by Crippen LogP contribution is 2.45. The van der Waals surface area contributed by atoms with Gasteiger partial charge in [0.25, 0.3) is 0 Å². The number of H-pyrrole nitrogens is 2. The highest BCUT2D eigenvalue weighted by atomic mass is 16.3. The van der Waals surface area contributed by atoms with Gasteiger partial charge in [0.15, 0.2) is 0 Å². The first-order chi connectivity index (χ1) is 13.1. The molecule has 0 saturated carbocycles. The molecule has 1 aromatic carbocycles. The molecule has 6 heteroatoms. The molecule has 1 aliphatic heterocycles. The third-order valence-electron chi connectivity index (χ3n) is 6.40. The van der Waals surface area contributed by atoms with E-state index in [1.54, 1.807) is 4.57 Å². The summed E-state index contributed by atoms with van der Waals surface area (Å²) >= 11 is 0. The number of rotatable bonds is 4. The predicted molar refractivity (Wildman–Crippen MR) is 105 cm³/mol. The highest BCUT2D eigenvalue weighted by Gasteiger charge is 2.40. The highest BCUT2D eigenvalue weighted by molar-refractivity contribution is 5.88. The minimum Gasteiger partial charge on any atom is -0.493 e. The van der Waals surface area contributed by atoms with Gasteiger partial charge in [0.1, 0.15) is 0 Å². The van der Waals surface area contributed by atoms with Crippen molar-refractivity contribution in [1.29, 1.82) is 0 Å². The number of aromatic hydroxyl groups is 1. The summed E-state index contributed by atoms with van der Waals surface area (Å²) in [6.45, 7) is 4.97. The molecule has 1 aliphatic carbocycles. The first-order valence-electron chi connectivity index (χ1n) is 9.95. The van der Waals surface area contributed by atoms with Crippen molar-refractivity contribution in [2.24, 2.45) is 5.92 Å². The molecule has 2 aromatic heterocycles. The summed E-state index contributed by atoms with van der Waals surface area (Å²) < 4.78 is 1.62. The third-order valence-corrected chi connectivity index (χ3v) is 6.40. The summed E-state index contributed by atoms with van der Waals surface area (Å²) in [7, 11) is 0. The van der Waals surface area contributed by atoms with Crippen LogP contribution in [-0.4, -0.2) is 43.7 Å². The first-order valence-corrected chi connectivity index (χ1v) is 9.95. The van der Waals surface area contributed by atoms with Crippen LogP contribution in [0, 0.1) is 5.92 Å². The largest absolute Gasteiger partial charge is 0.493 e. The van der Waals surface area contributed by atoms with Crippen molar-refractivity contribution < 1.29 is 5.11 Å². The molecule has 3 N–H and O–H groups in total. The Bertz CT molecular complexity index is 1030. The summed E-state index contributed by atoms with van der Waals surface area (Å²) in [5, 5.41) is 11.0. The fraction of sp³-hybridized carbons (Fsp3) is 0.476. The van der Waals surface area contributed by atoms with Gasteiger partial charge in [-0.1, -0.05) is 19.1 Å². The number of nitrogens with zero attached hydrogens (tertiary/aromatic N) is 2. The normalized spacial score (nSPS) is 25.0. The summed E-state index contributed by atoms with van der Waals surface area (Å²) in [4.78, 5) is 20.5. The smallest absolute Gasteiger partial charge is 0.328 e. The van der Waals surface area contributed by atoms with E-state index in [9.17, 15) is 9.90 Å². The van der Waals surface area contributed by atoms with Crippen LogP contribution in [-0.2, 0) is 13.0 Å². The molecule has 0 spiro atoms. The minimum absolute atomic E-state index is 0.0569. The molecule has 3 heterocycles. The van der Waals surface area contributed by atoms with E-state index < -0.39 is 0 Å². The second-order valence-electron chi connectivity index (χ2n) is 8.16. The lowest BCUT2D eigenvalue weighted by atomic mass is 9.72. The Morgan fingerprint density at radius 1 is 1.33 bits per heavy atom. The Labute approximate surface area is 157 Å². The number of hydrogen-bond donors (Lipinski definition) is 3. The second kappa shape index (κ2) is 6.30. The average Bonchev–Trinajstić information content (AvgIpc) is 3.20. The van der Waals surface area contributed by atoms with Crippen molar-refractivity contribution in [2.45, 2.75) is 44.7 Å². The predicted octanol–water partition coefficient (Wildman–Crippen LogP) is 2.80. The van der Waals surface area contributed by atoms with Crippen LogP contribution in [0.2, 0.25) is 0 Å². The summed E-state index contributed by atoms with van der Waals surface area (Å²) in [6, 6.07) is 7.14. The van der Waals surface area contributed by atoms with Gasteiger partial charge in [0, 0.05) is 42.1 Å². The Morgan fingerprint density at radius 2 is 2.22 bits per heavy atom. The fourth-order valence-corrected chi connectivity index (χ4v) is 5.41. The van der Waals surface area contributed by atoms with Crippen LogP contribution in [0.3, 0.4) is 0 Å². The molecule has 0 radical (unpaired) electrons. The van der Waals surface area contributed by atoms with E-state index in [1.165, 1.54) is 28.2 Å². The lowest BCUT2D eigenvalue weighted by molar-refractivity contribution is 0.0774. The van der Waals surface area contributed by atoms with E-state index in [4.69, 9.17) is 0 Å². The number of imidazole rings is 1. The zero-order valence-electron chi connectivity index (χ0n) is 15.6. The van der Waals surface area contributed by atoms with Crippen LogP contribution in [0.4, 0.5) is 0 Å². The van der Waals surface area contributed by atoms with Gasteiger partial charge in [0.05, 0.1) is 6.20 Å². The Morgan fingerprint density at radius 3 is 3.00 bits per heavy atom. The maximum Gasteiger partial charge on any atom is 0.328 e. The van der Waals surface area contributed by atoms with Crippen molar-refractivity contribution in [1.82, 2.24) is 19.4 Å². The number of benzene rings is 1. The zero-order chi connectivity index (χ0) is 18.5. The van der Waals surface area contributed by atoms with Crippen molar-refractivity contribution in [2.75, 3.05) is 13.1 Å². The van der Waals surface area contributed by atoms with Crippen LogP contribution in [0.1, 0.15) is 36.8 Å². The molecular weight excluding hydrogens is 340 g/mol. The van der Waals surface area contributed by atoms with Gasteiger partial charge in [-0.3, -0.25) is 14.5 Å². The number of hydrogen-bond acceptors (Lipinski definition) is 3. The number of aromatic amines is 2. The van der Waals surface area contributed by atoms with Crippen molar-refractivity contribution in [3.8, 4) is 5.88 Å². The molecular formula is C21H26N4O2. The maximum absolute atomic E-state index is 12.0. The first kappa shape index (κ1) is 16.7. The maximum atomic E-state index is 12.0. The van der Waals surface area contributed by atoms with Crippen LogP contribution >= 0.6 is 0 Å². The topological polar surface area (TPSA) is 77.0 Å². The molecule has 27 heavy (non-hydrogen) atoms. The van der Waals surface area contributed by atoms with Gasteiger partial charge in [-0.05, 0) is 48.9 Å². The monoisotopic (exact) mass is 366 g/mol. The number of fused-ring (bicyclic) bond motifs is 2. The van der Waals surface area contributed by atoms with Gasteiger partial charge in [-0.2, -0.15) is 0 Å². The van der Waals surface area contributed by atoms with Crippen LogP contribution in [0.15, 0.2) is 35.4 Å². The van der Waals surface area contributed by atoms with Gasteiger partial charge in [-0.15, -0.1) is 0 Å². The number of likely N-dealkylation sites (tertiary alicyclic amines) is 1. The minimum atomic E-state index is -0.227. The van der Waals surface area contributed by atoms with Gasteiger partial charge in [-0.25, -0.2) is 4.79 Å². The van der Waals surface area contributed by atoms with Gasteiger partial charge >= 0.3 is 5.69 Å². The third kappa shape index (κ3) is 2.70. The molecule has 5 rings (SSSR count). The molecule has 142 valence electrons. The lowest BCUT2D eigenvalue weighted by Crippen LogP contribution is -2.51. The van der Waals surface area contributed by atoms with E-state index in [0.29, 0.717) is 24.4 Å². The van der Waals surface area contributed by atoms with Crippen molar-refractivity contribution in [3.63, 3.8) is 0 Å². The van der Waals surface area contributed by atoms with E-state index in [0.717, 1.165) is 32.4 Å². The molecule has 1 saturated heterocycles. The molecule has 0 amide bonds. The lowest BCUT2D eigenvalue weighted by Gasteiger charge is -2.47. The number of nitrogens with one attached hydrogen (secondary N) is 2. The van der Waals surface area contributed by atoms with Crippen molar-refractivity contribution in [3.05, 3.63) is 52.2 Å². The fourth-order valence-electron chi connectivity index (χ4n) is 5.41. The van der Waals surface area contributed by atoms with E-state index in [2.05, 4.69) is 46.2 Å². The molecule has 2 aliphatic rings. The van der Waals surface area contributed by atoms with Crippen molar-refractivity contribution >= 4 is 10.9 Å². The number of aromatic nitrogens is 3. The standard InChI is InChI=1S/C21H26N4O2/c1-2-6-24-10-13(11-25-12-19(26)23-21(25)27)7-16-15-4-3-5-17-20(15)14(9-22-17)8-18(16)24/h3-5,9,12-13,16,18,22,26H,2,6-8,10-11H2,1H3,(H,23,27)/t13?,16-,18-/m1/s1. The number of piperidine rings is 1. The molecule has 1 fully saturated rings. The van der Waals surface area contributed by atoms with Crippen LogP contribution in [0.25, 0.3) is 10.9 Å². The summed E-state index contributed by atoms with van der Waals surface area (Å²) in [5.74, 6) is 0.825. The van der Waals surface area contributed by atoms with E-state index >= 15 is 0 Å². The van der Waals surface area contributed by atoms with Crippen LogP contribution < -0.4 is 5.69 Å². The quantitative estimate of drug-likeness (QED) is 0.664. The van der Waals surface area contributed by atoms with Gasteiger partial charge < -0.3 is 10.1 Å². The molecule has 0 bridgehead atoms. The van der Waals surface area contributed by atoms with Gasteiger partial charge in [0.2, 0.25) is 5.88 Å². The van der Waals surface area contributed by atoms with Crippen LogP contribution in [0.5, 0.6) is 5.88 Å². The molecule has 1 unspecified atom stereocenters. The summed E-state index contributed by atoms with van der Waals surface area (Å²) in [5.41, 5.74) is 3.90. The Balaban J connectivity index is 1.51. The Hall–Kier alpha value is -2.47. The Kier molecular flexibility index (Phi) is 3.90. The molecule has 3 aromatic rings. The average molecular weight is 366 g/mol. The molecule has 6 nitrogen and oxygen atoms in total. The van der Waals surface area contributed by atoms with E-state index in [-0.39, 0.29) is 11.6 Å². The second-order valence-corrected chi connectivity index (χ2v) is 8.16. The van der Waals surface area contributed by atoms with E-state index in [1.807, 2.05) is 0 Å². The summed E-state index contributed by atoms with van der Waals surface area (Å²) in [6.07, 6.45) is 7.00. The molecule has 3 atom stereocenters. The zero-order valence-corrected chi connectivity index (χ0v) is 15.6. The SMILES string of the molecule is CCCN1CC(Cn2cc(O)[nH]c2=O)C[C@@H]2c3cccc4[nH]cc(c34)C[C@H]21.